The summed E-state index contributed by atoms with van der Waals surface area (Å²) in [6.07, 6.45) is 1.71. The summed E-state index contributed by atoms with van der Waals surface area (Å²) in [5, 5.41) is 0.562. The van der Waals surface area contributed by atoms with E-state index in [1.807, 2.05) is 12.1 Å². The molecule has 2 heterocycles. The van der Waals surface area contributed by atoms with E-state index in [0.717, 1.165) is 10.2 Å². The van der Waals surface area contributed by atoms with E-state index in [2.05, 4.69) is 4.98 Å². The molecule has 56 valence electrons. The number of thiophene rings is 1. The van der Waals surface area contributed by atoms with Gasteiger partial charge in [-0.2, -0.15) is 0 Å². The van der Waals surface area contributed by atoms with E-state index >= 15 is 0 Å². The lowest BCUT2D eigenvalue weighted by molar-refractivity contribution is 1.43. The third-order valence-corrected chi connectivity index (χ3v) is 3.28. The van der Waals surface area contributed by atoms with Crippen LogP contribution >= 0.6 is 34.5 Å². The Kier molecular flexibility index (Phi) is 1.75. The summed E-state index contributed by atoms with van der Waals surface area (Å²) in [5.74, 6) is 0. The van der Waals surface area contributed by atoms with E-state index < -0.39 is 0 Å². The molecule has 0 radical (unpaired) electrons. The fourth-order valence-electron chi connectivity index (χ4n) is 0.872. The van der Waals surface area contributed by atoms with Crippen LogP contribution in [-0.4, -0.2) is 4.98 Å². The average molecular weight is 204 g/mol. The maximum Gasteiger partial charge on any atom is 0.114 e. The van der Waals surface area contributed by atoms with Gasteiger partial charge in [-0.1, -0.05) is 23.2 Å². The molecule has 2 rings (SSSR count). The highest BCUT2D eigenvalue weighted by Gasteiger charge is 2.07. The fraction of sp³-hybridized carbons (Fsp3) is 0. The molecule has 0 atom stereocenters. The monoisotopic (exact) mass is 203 g/mol. The number of fused-ring (bicyclic) bond motifs is 1. The topological polar surface area (TPSA) is 12.9 Å². The van der Waals surface area contributed by atoms with E-state index in [-0.39, 0.29) is 0 Å². The first-order valence-electron chi connectivity index (χ1n) is 2.97. The second kappa shape index (κ2) is 2.63. The van der Waals surface area contributed by atoms with Crippen molar-refractivity contribution >= 4 is 44.8 Å². The maximum atomic E-state index is 5.86. The first-order valence-corrected chi connectivity index (χ1v) is 4.55. The molecule has 11 heavy (non-hydrogen) atoms. The Labute approximate surface area is 77.6 Å². The molecule has 0 fully saturated rings. The standard InChI is InChI=1S/C7H3Cl2NS/c8-5-6-4(11-7(5)9)2-1-3-10-6/h1-3H. The Morgan fingerprint density at radius 1 is 1.36 bits per heavy atom. The second-order valence-electron chi connectivity index (χ2n) is 2.04. The van der Waals surface area contributed by atoms with Gasteiger partial charge in [0.05, 0.1) is 9.72 Å². The minimum absolute atomic E-state index is 0.562. The van der Waals surface area contributed by atoms with Gasteiger partial charge in [0.1, 0.15) is 9.85 Å². The molecule has 4 heteroatoms. The molecule has 0 aliphatic heterocycles. The predicted molar refractivity (Wildman–Crippen MR) is 49.6 cm³/mol. The van der Waals surface area contributed by atoms with Crippen LogP contribution in [0.4, 0.5) is 0 Å². The second-order valence-corrected chi connectivity index (χ2v) is 4.07. The van der Waals surface area contributed by atoms with E-state index in [9.17, 15) is 0 Å². The Morgan fingerprint density at radius 3 is 2.91 bits per heavy atom. The zero-order chi connectivity index (χ0) is 7.84. The highest BCUT2D eigenvalue weighted by Crippen LogP contribution is 2.37. The lowest BCUT2D eigenvalue weighted by atomic mass is 10.4. The van der Waals surface area contributed by atoms with Crippen molar-refractivity contribution in [2.45, 2.75) is 0 Å². The summed E-state index contributed by atoms with van der Waals surface area (Å²) in [6.45, 7) is 0. The molecule has 2 aromatic heterocycles. The number of hydrogen-bond donors (Lipinski definition) is 0. The number of pyridine rings is 1. The normalized spacial score (nSPS) is 10.7. The Hall–Kier alpha value is -0.310. The molecular weight excluding hydrogens is 201 g/mol. The summed E-state index contributed by atoms with van der Waals surface area (Å²) in [5.41, 5.74) is 0.796. The molecule has 0 N–H and O–H groups in total. The number of rotatable bonds is 0. The summed E-state index contributed by atoms with van der Waals surface area (Å²) in [4.78, 5) is 4.10. The van der Waals surface area contributed by atoms with Crippen molar-refractivity contribution in [3.63, 3.8) is 0 Å². The minimum atomic E-state index is 0.562. The zero-order valence-corrected chi connectivity index (χ0v) is 7.67. The molecule has 0 unspecified atom stereocenters. The SMILES string of the molecule is Clc1sc2cccnc2c1Cl. The van der Waals surface area contributed by atoms with Crippen LogP contribution in [0.2, 0.25) is 9.36 Å². The van der Waals surface area contributed by atoms with E-state index in [1.165, 1.54) is 11.3 Å². The number of halogens is 2. The van der Waals surface area contributed by atoms with Crippen molar-refractivity contribution < 1.29 is 0 Å². The smallest absolute Gasteiger partial charge is 0.114 e. The Balaban J connectivity index is 2.92. The molecular formula is C7H3Cl2NS. The summed E-state index contributed by atoms with van der Waals surface area (Å²) >= 11 is 13.1. The van der Waals surface area contributed by atoms with Gasteiger partial charge in [0, 0.05) is 6.20 Å². The molecule has 0 saturated heterocycles. The van der Waals surface area contributed by atoms with Crippen LogP contribution < -0.4 is 0 Å². The van der Waals surface area contributed by atoms with E-state index in [0.29, 0.717) is 9.36 Å². The van der Waals surface area contributed by atoms with Crippen LogP contribution in [0.3, 0.4) is 0 Å². The molecule has 0 saturated carbocycles. The first kappa shape index (κ1) is 7.35. The molecule has 0 bridgehead atoms. The minimum Gasteiger partial charge on any atom is -0.254 e. The third-order valence-electron chi connectivity index (χ3n) is 1.35. The quantitative estimate of drug-likeness (QED) is 0.638. The molecule has 0 aromatic carbocycles. The molecule has 1 nitrogen and oxygen atoms in total. The summed E-state index contributed by atoms with van der Waals surface area (Å²) in [6, 6.07) is 3.82. The van der Waals surface area contributed by atoms with Crippen molar-refractivity contribution in [2.75, 3.05) is 0 Å². The van der Waals surface area contributed by atoms with Crippen molar-refractivity contribution in [2.24, 2.45) is 0 Å². The van der Waals surface area contributed by atoms with Crippen LogP contribution in [0, 0.1) is 0 Å². The highest BCUT2D eigenvalue weighted by atomic mass is 35.5. The summed E-state index contributed by atoms with van der Waals surface area (Å²) < 4.78 is 1.64. The van der Waals surface area contributed by atoms with Gasteiger partial charge in [0.2, 0.25) is 0 Å². The lowest BCUT2D eigenvalue weighted by Gasteiger charge is -1.84. The third kappa shape index (κ3) is 1.11. The Bertz CT molecular complexity index is 396. The van der Waals surface area contributed by atoms with Gasteiger partial charge in [-0.3, -0.25) is 4.98 Å². The van der Waals surface area contributed by atoms with Crippen molar-refractivity contribution in [1.82, 2.24) is 4.98 Å². The van der Waals surface area contributed by atoms with Gasteiger partial charge < -0.3 is 0 Å². The van der Waals surface area contributed by atoms with Crippen LogP contribution in [0.15, 0.2) is 18.3 Å². The highest BCUT2D eigenvalue weighted by molar-refractivity contribution is 7.23. The van der Waals surface area contributed by atoms with Crippen molar-refractivity contribution in [3.05, 3.63) is 27.7 Å². The summed E-state index contributed by atoms with van der Waals surface area (Å²) in [7, 11) is 0. The van der Waals surface area contributed by atoms with E-state index in [4.69, 9.17) is 23.2 Å². The molecule has 0 aliphatic rings. The van der Waals surface area contributed by atoms with Gasteiger partial charge in [0.25, 0.3) is 0 Å². The Morgan fingerprint density at radius 2 is 2.18 bits per heavy atom. The van der Waals surface area contributed by atoms with Crippen LogP contribution in [0.25, 0.3) is 10.2 Å². The van der Waals surface area contributed by atoms with Crippen molar-refractivity contribution in [1.29, 1.82) is 0 Å². The number of aromatic nitrogens is 1. The molecule has 2 aromatic rings. The number of hydrogen-bond acceptors (Lipinski definition) is 2. The van der Waals surface area contributed by atoms with Gasteiger partial charge in [-0.15, -0.1) is 11.3 Å². The fourth-order valence-corrected chi connectivity index (χ4v) is 2.31. The van der Waals surface area contributed by atoms with Gasteiger partial charge in [-0.05, 0) is 12.1 Å². The largest absolute Gasteiger partial charge is 0.254 e. The van der Waals surface area contributed by atoms with Crippen LogP contribution in [0.5, 0.6) is 0 Å². The maximum absolute atomic E-state index is 5.86. The van der Waals surface area contributed by atoms with Gasteiger partial charge in [-0.25, -0.2) is 0 Å². The lowest BCUT2D eigenvalue weighted by Crippen LogP contribution is -1.68. The molecule has 0 spiro atoms. The van der Waals surface area contributed by atoms with Gasteiger partial charge >= 0.3 is 0 Å². The molecule has 0 aliphatic carbocycles. The number of nitrogens with zero attached hydrogens (tertiary/aromatic N) is 1. The molecule has 0 amide bonds. The van der Waals surface area contributed by atoms with Crippen LogP contribution in [-0.2, 0) is 0 Å². The first-order chi connectivity index (χ1) is 5.29. The van der Waals surface area contributed by atoms with Gasteiger partial charge in [0.15, 0.2) is 0 Å². The zero-order valence-electron chi connectivity index (χ0n) is 5.34. The van der Waals surface area contributed by atoms with E-state index in [1.54, 1.807) is 6.20 Å². The predicted octanol–water partition coefficient (Wildman–Crippen LogP) is 3.60. The average Bonchev–Trinajstić information content (AvgIpc) is 2.30. The van der Waals surface area contributed by atoms with Crippen LogP contribution in [0.1, 0.15) is 0 Å². The van der Waals surface area contributed by atoms with Crippen molar-refractivity contribution in [3.8, 4) is 0 Å².